The SMILES string of the molecule is O=C(C[C@H]1Sc2ccccc2NC1=O)OCc1cc(=O)n2ccsc2n1. The summed E-state index contributed by atoms with van der Waals surface area (Å²) >= 11 is 2.67. The first-order chi connectivity index (χ1) is 12.6. The smallest absolute Gasteiger partial charge is 0.307 e. The van der Waals surface area contributed by atoms with Gasteiger partial charge in [0.25, 0.3) is 5.56 Å². The van der Waals surface area contributed by atoms with Gasteiger partial charge in [-0.2, -0.15) is 0 Å². The lowest BCUT2D eigenvalue weighted by Crippen LogP contribution is -2.31. The van der Waals surface area contributed by atoms with Crippen molar-refractivity contribution in [1.29, 1.82) is 0 Å². The summed E-state index contributed by atoms with van der Waals surface area (Å²) in [7, 11) is 0. The average Bonchev–Trinajstić information content (AvgIpc) is 3.10. The molecule has 26 heavy (non-hydrogen) atoms. The minimum atomic E-state index is -0.546. The summed E-state index contributed by atoms with van der Waals surface area (Å²) in [6.45, 7) is -0.0991. The first-order valence-electron chi connectivity index (χ1n) is 7.78. The molecule has 0 fully saturated rings. The van der Waals surface area contributed by atoms with Crippen LogP contribution in [0.25, 0.3) is 4.96 Å². The maximum Gasteiger partial charge on any atom is 0.307 e. The van der Waals surface area contributed by atoms with Crippen LogP contribution < -0.4 is 10.9 Å². The fourth-order valence-electron chi connectivity index (χ4n) is 2.55. The molecule has 7 nitrogen and oxygen atoms in total. The van der Waals surface area contributed by atoms with E-state index in [1.54, 1.807) is 11.6 Å². The van der Waals surface area contributed by atoms with Crippen molar-refractivity contribution >= 4 is 45.6 Å². The summed E-state index contributed by atoms with van der Waals surface area (Å²) in [6, 6.07) is 8.77. The second-order valence-corrected chi connectivity index (χ2v) is 7.72. The monoisotopic (exact) mass is 387 g/mol. The van der Waals surface area contributed by atoms with Gasteiger partial charge >= 0.3 is 5.97 Å². The Labute approximate surface area is 156 Å². The second kappa shape index (κ2) is 6.93. The van der Waals surface area contributed by atoms with Gasteiger partial charge in [-0.15, -0.1) is 23.1 Å². The average molecular weight is 387 g/mol. The number of hydrogen-bond donors (Lipinski definition) is 1. The lowest BCUT2D eigenvalue weighted by Gasteiger charge is -2.23. The van der Waals surface area contributed by atoms with E-state index in [-0.39, 0.29) is 24.5 Å². The third kappa shape index (κ3) is 3.35. The number of anilines is 1. The lowest BCUT2D eigenvalue weighted by molar-refractivity contribution is -0.145. The molecule has 0 saturated heterocycles. The van der Waals surface area contributed by atoms with Crippen LogP contribution in [0.4, 0.5) is 5.69 Å². The van der Waals surface area contributed by atoms with E-state index in [9.17, 15) is 14.4 Å². The van der Waals surface area contributed by atoms with E-state index in [2.05, 4.69) is 10.3 Å². The number of para-hydroxylation sites is 1. The highest BCUT2D eigenvalue weighted by atomic mass is 32.2. The molecular formula is C17H13N3O4S2. The number of esters is 1. The maximum atomic E-state index is 12.1. The number of carbonyl (C=O) groups is 2. The van der Waals surface area contributed by atoms with Crippen molar-refractivity contribution < 1.29 is 14.3 Å². The Morgan fingerprint density at radius 3 is 3.04 bits per heavy atom. The normalized spacial score (nSPS) is 16.2. The Bertz CT molecular complexity index is 1060. The van der Waals surface area contributed by atoms with Gasteiger partial charge < -0.3 is 10.1 Å². The summed E-state index contributed by atoms with van der Waals surface area (Å²) in [5.74, 6) is -0.729. The Morgan fingerprint density at radius 1 is 1.31 bits per heavy atom. The van der Waals surface area contributed by atoms with E-state index >= 15 is 0 Å². The molecular weight excluding hydrogens is 374 g/mol. The van der Waals surface area contributed by atoms with E-state index in [1.807, 2.05) is 24.3 Å². The van der Waals surface area contributed by atoms with Crippen LogP contribution >= 0.6 is 23.1 Å². The summed E-state index contributed by atoms with van der Waals surface area (Å²) in [6.07, 6.45) is 1.59. The maximum absolute atomic E-state index is 12.1. The van der Waals surface area contributed by atoms with Crippen molar-refractivity contribution in [3.05, 3.63) is 58.0 Å². The Kier molecular flexibility index (Phi) is 4.48. The molecule has 0 unspecified atom stereocenters. The molecule has 4 rings (SSSR count). The summed E-state index contributed by atoms with van der Waals surface area (Å²) in [5, 5.41) is 4.01. The van der Waals surface area contributed by atoms with Crippen LogP contribution in [-0.2, 0) is 20.9 Å². The van der Waals surface area contributed by atoms with Crippen LogP contribution in [0.1, 0.15) is 12.1 Å². The number of fused-ring (bicyclic) bond motifs is 2. The fourth-order valence-corrected chi connectivity index (χ4v) is 4.39. The number of thiazole rings is 1. The van der Waals surface area contributed by atoms with Crippen molar-refractivity contribution in [2.24, 2.45) is 0 Å². The minimum Gasteiger partial charge on any atom is -0.459 e. The van der Waals surface area contributed by atoms with Gasteiger partial charge in [0.1, 0.15) is 6.61 Å². The standard InChI is InChI=1S/C17H13N3O4S2/c21-14-7-10(18-17-20(14)5-6-25-17)9-24-15(22)8-13-16(23)19-11-3-1-2-4-12(11)26-13/h1-7,13H,8-9H2,(H,19,23)/t13-/m1/s1. The molecule has 2 aromatic heterocycles. The van der Waals surface area contributed by atoms with Crippen molar-refractivity contribution in [3.63, 3.8) is 0 Å². The summed E-state index contributed by atoms with van der Waals surface area (Å²) < 4.78 is 6.64. The molecule has 132 valence electrons. The van der Waals surface area contributed by atoms with E-state index < -0.39 is 11.2 Å². The first kappa shape index (κ1) is 16.8. The molecule has 0 radical (unpaired) electrons. The van der Waals surface area contributed by atoms with Crippen molar-refractivity contribution in [3.8, 4) is 0 Å². The topological polar surface area (TPSA) is 89.8 Å². The van der Waals surface area contributed by atoms with Gasteiger partial charge in [-0.05, 0) is 12.1 Å². The summed E-state index contributed by atoms with van der Waals surface area (Å²) in [4.78, 5) is 41.9. The highest BCUT2D eigenvalue weighted by Gasteiger charge is 2.29. The van der Waals surface area contributed by atoms with Gasteiger partial charge in [-0.1, -0.05) is 12.1 Å². The van der Waals surface area contributed by atoms with Crippen LogP contribution in [0.5, 0.6) is 0 Å². The van der Waals surface area contributed by atoms with Gasteiger partial charge in [0.05, 0.1) is 23.1 Å². The number of thioether (sulfide) groups is 1. The van der Waals surface area contributed by atoms with Gasteiger partial charge in [-0.3, -0.25) is 18.8 Å². The zero-order valence-corrected chi connectivity index (χ0v) is 15.0. The van der Waals surface area contributed by atoms with Gasteiger partial charge in [0.2, 0.25) is 5.91 Å². The van der Waals surface area contributed by atoms with E-state index in [4.69, 9.17) is 4.74 Å². The molecule has 3 heterocycles. The molecule has 1 aromatic carbocycles. The number of aromatic nitrogens is 2. The van der Waals surface area contributed by atoms with Crippen LogP contribution in [-0.4, -0.2) is 26.5 Å². The lowest BCUT2D eigenvalue weighted by atomic mass is 10.2. The molecule has 0 spiro atoms. The number of amides is 1. The van der Waals surface area contributed by atoms with E-state index in [1.165, 1.54) is 33.6 Å². The highest BCUT2D eigenvalue weighted by molar-refractivity contribution is 8.01. The summed E-state index contributed by atoms with van der Waals surface area (Å²) in [5.41, 5.74) is 0.916. The zero-order valence-electron chi connectivity index (χ0n) is 13.4. The number of ether oxygens (including phenoxy) is 1. The largest absolute Gasteiger partial charge is 0.459 e. The van der Waals surface area contributed by atoms with Crippen LogP contribution in [0.3, 0.4) is 0 Å². The zero-order chi connectivity index (χ0) is 18.1. The Hall–Kier alpha value is -2.65. The Morgan fingerprint density at radius 2 is 2.15 bits per heavy atom. The fraction of sp³-hybridized carbons (Fsp3) is 0.176. The molecule has 0 bridgehead atoms. The molecule has 1 aliphatic rings. The van der Waals surface area contributed by atoms with Crippen molar-refractivity contribution in [2.45, 2.75) is 23.2 Å². The second-order valence-electron chi connectivity index (χ2n) is 5.60. The number of carbonyl (C=O) groups excluding carboxylic acids is 2. The number of nitrogens with zero attached hydrogens (tertiary/aromatic N) is 2. The van der Waals surface area contributed by atoms with Gasteiger partial charge in [0, 0.05) is 22.5 Å². The molecule has 1 aliphatic heterocycles. The van der Waals surface area contributed by atoms with Crippen molar-refractivity contribution in [2.75, 3.05) is 5.32 Å². The first-order valence-corrected chi connectivity index (χ1v) is 9.54. The van der Waals surface area contributed by atoms with Crippen LogP contribution in [0, 0.1) is 0 Å². The number of rotatable bonds is 4. The van der Waals surface area contributed by atoms with E-state index in [0.717, 1.165) is 10.6 Å². The predicted molar refractivity (Wildman–Crippen MR) is 98.5 cm³/mol. The molecule has 0 aliphatic carbocycles. The third-order valence-corrected chi connectivity index (χ3v) is 5.83. The van der Waals surface area contributed by atoms with E-state index in [0.29, 0.717) is 10.7 Å². The quantitative estimate of drug-likeness (QED) is 0.691. The number of benzene rings is 1. The van der Waals surface area contributed by atoms with Gasteiger partial charge in [-0.25, -0.2) is 4.98 Å². The minimum absolute atomic E-state index is 0.0505. The highest BCUT2D eigenvalue weighted by Crippen LogP contribution is 2.36. The Balaban J connectivity index is 1.39. The number of hydrogen-bond acceptors (Lipinski definition) is 7. The molecule has 0 saturated carbocycles. The van der Waals surface area contributed by atoms with Crippen LogP contribution in [0.2, 0.25) is 0 Å². The molecule has 9 heteroatoms. The molecule has 3 aromatic rings. The third-order valence-electron chi connectivity index (χ3n) is 3.80. The van der Waals surface area contributed by atoms with Gasteiger partial charge in [0.15, 0.2) is 4.96 Å². The molecule has 1 N–H and O–H groups in total. The number of nitrogens with one attached hydrogen (secondary N) is 1. The predicted octanol–water partition coefficient (Wildman–Crippen LogP) is 2.30. The molecule has 1 atom stereocenters. The molecule has 1 amide bonds. The van der Waals surface area contributed by atoms with Crippen molar-refractivity contribution in [1.82, 2.24) is 9.38 Å². The van der Waals surface area contributed by atoms with Crippen LogP contribution in [0.15, 0.2) is 51.6 Å².